The Balaban J connectivity index is 2.36. The van der Waals surface area contributed by atoms with Crippen LogP contribution in [0.4, 0.5) is 0 Å². The fourth-order valence-corrected chi connectivity index (χ4v) is 1.83. The monoisotopic (exact) mass is 200 g/mol. The average molecular weight is 201 g/mol. The number of fused-ring (bicyclic) bond motifs is 1. The Morgan fingerprint density at radius 2 is 2.46 bits per heavy atom. The summed E-state index contributed by atoms with van der Waals surface area (Å²) in [4.78, 5) is 4.33. The van der Waals surface area contributed by atoms with Crippen LogP contribution in [0.25, 0.3) is 0 Å². The van der Waals surface area contributed by atoms with Gasteiger partial charge in [-0.15, -0.1) is 11.6 Å². The minimum absolute atomic E-state index is 0.00810. The number of alkyl halides is 1. The molecule has 4 nitrogen and oxygen atoms in total. The van der Waals surface area contributed by atoms with Gasteiger partial charge in [0.1, 0.15) is 5.82 Å². The number of nitrogens with zero attached hydrogens (tertiary/aromatic N) is 3. The molecule has 0 bridgehead atoms. The summed E-state index contributed by atoms with van der Waals surface area (Å²) in [6.07, 6.45) is 2.06. The number of rotatable bonds is 1. The van der Waals surface area contributed by atoms with E-state index in [1.807, 2.05) is 11.6 Å². The molecule has 2 unspecified atom stereocenters. The standard InChI is InChI=1S/C8H13ClN4/c1-5(10)7-11-8-6(9)3-2-4-13(8)12-7/h5-6H,2-4,10H2,1H3. The summed E-state index contributed by atoms with van der Waals surface area (Å²) in [6, 6.07) is -0.109. The highest BCUT2D eigenvalue weighted by Crippen LogP contribution is 2.29. The normalized spacial score (nSPS) is 24.1. The van der Waals surface area contributed by atoms with Crippen molar-refractivity contribution in [1.29, 1.82) is 0 Å². The van der Waals surface area contributed by atoms with Gasteiger partial charge in [0, 0.05) is 6.54 Å². The fraction of sp³-hybridized carbons (Fsp3) is 0.750. The van der Waals surface area contributed by atoms with Crippen LogP contribution in [-0.4, -0.2) is 14.8 Å². The first kappa shape index (κ1) is 8.97. The zero-order valence-corrected chi connectivity index (χ0v) is 8.33. The molecule has 2 heterocycles. The number of hydrogen-bond acceptors (Lipinski definition) is 3. The Kier molecular flexibility index (Phi) is 2.26. The first-order valence-electron chi connectivity index (χ1n) is 4.53. The zero-order chi connectivity index (χ0) is 9.42. The van der Waals surface area contributed by atoms with Crippen molar-refractivity contribution in [3.8, 4) is 0 Å². The third-order valence-corrected chi connectivity index (χ3v) is 2.65. The highest BCUT2D eigenvalue weighted by molar-refractivity contribution is 6.20. The molecule has 2 atom stereocenters. The van der Waals surface area contributed by atoms with Gasteiger partial charge in [0.05, 0.1) is 11.4 Å². The Labute approximate surface area is 82.1 Å². The lowest BCUT2D eigenvalue weighted by Gasteiger charge is -2.15. The van der Waals surface area contributed by atoms with Gasteiger partial charge in [0.15, 0.2) is 5.82 Å². The van der Waals surface area contributed by atoms with E-state index >= 15 is 0 Å². The largest absolute Gasteiger partial charge is 0.321 e. The molecule has 2 rings (SSSR count). The van der Waals surface area contributed by atoms with Gasteiger partial charge in [-0.05, 0) is 19.8 Å². The zero-order valence-electron chi connectivity index (χ0n) is 7.57. The highest BCUT2D eigenvalue weighted by atomic mass is 35.5. The number of aromatic nitrogens is 3. The maximum atomic E-state index is 6.10. The van der Waals surface area contributed by atoms with Crippen LogP contribution in [0.3, 0.4) is 0 Å². The van der Waals surface area contributed by atoms with Crippen molar-refractivity contribution in [3.63, 3.8) is 0 Å². The van der Waals surface area contributed by atoms with Crippen molar-refractivity contribution in [2.24, 2.45) is 5.73 Å². The lowest BCUT2D eigenvalue weighted by Crippen LogP contribution is -2.13. The number of nitrogens with two attached hydrogens (primary N) is 1. The van der Waals surface area contributed by atoms with Crippen molar-refractivity contribution in [2.75, 3.05) is 0 Å². The summed E-state index contributed by atoms with van der Waals surface area (Å²) in [5, 5.41) is 4.30. The van der Waals surface area contributed by atoms with Crippen LogP contribution in [0.2, 0.25) is 0 Å². The highest BCUT2D eigenvalue weighted by Gasteiger charge is 2.22. The first-order chi connectivity index (χ1) is 6.18. The fourth-order valence-electron chi connectivity index (χ4n) is 1.51. The van der Waals surface area contributed by atoms with Crippen LogP contribution in [0.15, 0.2) is 0 Å². The first-order valence-corrected chi connectivity index (χ1v) is 4.96. The van der Waals surface area contributed by atoms with Gasteiger partial charge in [-0.2, -0.15) is 5.10 Å². The van der Waals surface area contributed by atoms with Crippen molar-refractivity contribution in [3.05, 3.63) is 11.6 Å². The number of halogens is 1. The van der Waals surface area contributed by atoms with Crippen molar-refractivity contribution in [2.45, 2.75) is 37.7 Å². The van der Waals surface area contributed by atoms with Gasteiger partial charge in [0.25, 0.3) is 0 Å². The molecule has 0 radical (unpaired) electrons. The molecule has 2 N–H and O–H groups in total. The Morgan fingerprint density at radius 1 is 1.69 bits per heavy atom. The van der Waals surface area contributed by atoms with Crippen molar-refractivity contribution >= 4 is 11.6 Å². The van der Waals surface area contributed by atoms with E-state index in [9.17, 15) is 0 Å². The second kappa shape index (κ2) is 3.27. The molecule has 1 aromatic heterocycles. The Morgan fingerprint density at radius 3 is 3.08 bits per heavy atom. The van der Waals surface area contributed by atoms with Gasteiger partial charge in [-0.3, -0.25) is 0 Å². The predicted molar refractivity (Wildman–Crippen MR) is 50.5 cm³/mol. The molecular weight excluding hydrogens is 188 g/mol. The summed E-state index contributed by atoms with van der Waals surface area (Å²) in [6.45, 7) is 2.79. The van der Waals surface area contributed by atoms with E-state index in [4.69, 9.17) is 17.3 Å². The van der Waals surface area contributed by atoms with E-state index in [0.717, 1.165) is 25.2 Å². The predicted octanol–water partition coefficient (Wildman–Crippen LogP) is 1.37. The SMILES string of the molecule is CC(N)c1nc2n(n1)CCCC2Cl. The van der Waals surface area contributed by atoms with E-state index in [-0.39, 0.29) is 11.4 Å². The summed E-state index contributed by atoms with van der Waals surface area (Å²) < 4.78 is 1.87. The summed E-state index contributed by atoms with van der Waals surface area (Å²) in [7, 11) is 0. The summed E-state index contributed by atoms with van der Waals surface area (Å²) >= 11 is 6.10. The molecule has 0 saturated carbocycles. The molecule has 1 aliphatic rings. The number of hydrogen-bond donors (Lipinski definition) is 1. The maximum absolute atomic E-state index is 6.10. The molecule has 13 heavy (non-hydrogen) atoms. The number of aryl methyl sites for hydroxylation is 1. The minimum atomic E-state index is -0.109. The molecule has 0 saturated heterocycles. The molecule has 0 aromatic carbocycles. The minimum Gasteiger partial charge on any atom is -0.321 e. The van der Waals surface area contributed by atoms with Crippen LogP contribution in [0.5, 0.6) is 0 Å². The molecule has 1 aliphatic heterocycles. The molecule has 72 valence electrons. The van der Waals surface area contributed by atoms with E-state index < -0.39 is 0 Å². The van der Waals surface area contributed by atoms with Crippen LogP contribution in [0.1, 0.15) is 42.8 Å². The topological polar surface area (TPSA) is 56.7 Å². The van der Waals surface area contributed by atoms with Crippen molar-refractivity contribution < 1.29 is 0 Å². The van der Waals surface area contributed by atoms with Gasteiger partial charge >= 0.3 is 0 Å². The van der Waals surface area contributed by atoms with Crippen LogP contribution in [0, 0.1) is 0 Å². The van der Waals surface area contributed by atoms with Gasteiger partial charge in [-0.25, -0.2) is 9.67 Å². The third kappa shape index (κ3) is 1.56. The average Bonchev–Trinajstić information content (AvgIpc) is 2.49. The van der Waals surface area contributed by atoms with Gasteiger partial charge in [-0.1, -0.05) is 0 Å². The maximum Gasteiger partial charge on any atom is 0.167 e. The van der Waals surface area contributed by atoms with Gasteiger partial charge in [0.2, 0.25) is 0 Å². The van der Waals surface area contributed by atoms with Crippen LogP contribution in [-0.2, 0) is 6.54 Å². The van der Waals surface area contributed by atoms with Gasteiger partial charge < -0.3 is 5.73 Å². The lowest BCUT2D eigenvalue weighted by molar-refractivity contribution is 0.468. The molecule has 0 amide bonds. The molecular formula is C8H13ClN4. The van der Waals surface area contributed by atoms with E-state index in [1.165, 1.54) is 0 Å². The van der Waals surface area contributed by atoms with E-state index in [0.29, 0.717) is 5.82 Å². The molecule has 5 heteroatoms. The lowest BCUT2D eigenvalue weighted by atomic mass is 10.2. The molecule has 0 spiro atoms. The van der Waals surface area contributed by atoms with Crippen LogP contribution >= 0.6 is 11.6 Å². The van der Waals surface area contributed by atoms with Crippen LogP contribution < -0.4 is 5.73 Å². The Hall–Kier alpha value is -0.610. The Bertz CT molecular complexity index is 307. The molecule has 1 aromatic rings. The quantitative estimate of drug-likeness (QED) is 0.697. The smallest absolute Gasteiger partial charge is 0.167 e. The second-order valence-electron chi connectivity index (χ2n) is 3.45. The second-order valence-corrected chi connectivity index (χ2v) is 3.98. The molecule has 0 fully saturated rings. The van der Waals surface area contributed by atoms with Crippen molar-refractivity contribution in [1.82, 2.24) is 14.8 Å². The summed E-state index contributed by atoms with van der Waals surface area (Å²) in [5.74, 6) is 1.57. The third-order valence-electron chi connectivity index (χ3n) is 2.23. The molecule has 0 aliphatic carbocycles. The van der Waals surface area contributed by atoms with E-state index in [1.54, 1.807) is 0 Å². The van der Waals surface area contributed by atoms with E-state index in [2.05, 4.69) is 10.1 Å². The summed E-state index contributed by atoms with van der Waals surface area (Å²) in [5.41, 5.74) is 5.69.